The molecule has 0 bridgehead atoms. The molecule has 128 valence electrons. The van der Waals surface area contributed by atoms with E-state index in [1.54, 1.807) is 0 Å². The second kappa shape index (κ2) is 5.95. The molecular weight excluding hydrogens is 350 g/mol. The number of aromatic carboxylic acids is 1. The fourth-order valence-corrected chi connectivity index (χ4v) is 2.52. The van der Waals surface area contributed by atoms with Gasteiger partial charge in [-0.1, -0.05) is 11.6 Å². The topological polar surface area (TPSA) is 143 Å². The van der Waals surface area contributed by atoms with Crippen LogP contribution in [-0.2, 0) is 4.79 Å². The summed E-state index contributed by atoms with van der Waals surface area (Å²) in [5, 5.41) is 30.1. The minimum Gasteiger partial charge on any atom is -0.506 e. The van der Waals surface area contributed by atoms with Gasteiger partial charge in [-0.25, -0.2) is 4.79 Å². The fourth-order valence-electron chi connectivity index (χ4n) is 2.29. The van der Waals surface area contributed by atoms with E-state index in [4.69, 9.17) is 17.3 Å². The lowest BCUT2D eigenvalue weighted by atomic mass is 10.1. The number of carboxylic acid groups (broad SMARTS) is 1. The Kier molecular flexibility index (Phi) is 3.93. The van der Waals surface area contributed by atoms with E-state index < -0.39 is 11.9 Å². The van der Waals surface area contributed by atoms with Crippen molar-refractivity contribution in [1.29, 1.82) is 0 Å². The fraction of sp³-hybridized carbons (Fsp3) is 0.0667. The molecule has 1 heterocycles. The number of anilines is 2. The molecule has 0 saturated heterocycles. The van der Waals surface area contributed by atoms with Gasteiger partial charge in [-0.15, -0.1) is 15.0 Å². The molecule has 0 spiro atoms. The van der Waals surface area contributed by atoms with Crippen molar-refractivity contribution in [3.63, 3.8) is 0 Å². The number of hydrogen-bond donors (Lipinski definition) is 4. The van der Waals surface area contributed by atoms with Gasteiger partial charge in [0.1, 0.15) is 22.5 Å². The molecule has 1 aromatic heterocycles. The maximum atomic E-state index is 11.5. The number of halogens is 1. The highest BCUT2D eigenvalue weighted by Gasteiger charge is 2.21. The number of nitrogen functional groups attached to an aromatic ring is 1. The second-order valence-electron chi connectivity index (χ2n) is 5.21. The van der Waals surface area contributed by atoms with Crippen LogP contribution >= 0.6 is 11.6 Å². The van der Waals surface area contributed by atoms with E-state index in [1.807, 2.05) is 0 Å². The summed E-state index contributed by atoms with van der Waals surface area (Å²) in [6, 6.07) is 5.48. The summed E-state index contributed by atoms with van der Waals surface area (Å²) in [7, 11) is 0. The number of carbonyl (C=O) groups excluding carboxylic acids is 1. The van der Waals surface area contributed by atoms with Crippen molar-refractivity contribution >= 4 is 45.9 Å². The Hall–Kier alpha value is -3.33. The zero-order valence-electron chi connectivity index (χ0n) is 12.8. The van der Waals surface area contributed by atoms with Crippen LogP contribution in [0.5, 0.6) is 5.75 Å². The van der Waals surface area contributed by atoms with Crippen LogP contribution in [0.2, 0.25) is 5.02 Å². The largest absolute Gasteiger partial charge is 0.506 e. The first-order valence-electron chi connectivity index (χ1n) is 6.97. The lowest BCUT2D eigenvalue weighted by molar-refractivity contribution is -0.114. The number of amides is 1. The van der Waals surface area contributed by atoms with Crippen LogP contribution in [0.15, 0.2) is 24.3 Å². The summed E-state index contributed by atoms with van der Waals surface area (Å²) < 4.78 is 0. The standard InChI is InChI=1S/C15H12ClN5O4/c1-6(22)18-9-5-8(15(24)25)13-14(12(9)16)20-21(19-13)10-4-7(17)2-3-11(10)23/h2-5,23H,17H2,1H3,(H,18,22)(H,24,25). The van der Waals surface area contributed by atoms with Crippen LogP contribution in [0, 0.1) is 0 Å². The van der Waals surface area contributed by atoms with Crippen molar-refractivity contribution in [2.75, 3.05) is 11.1 Å². The van der Waals surface area contributed by atoms with E-state index in [0.29, 0.717) is 5.69 Å². The molecule has 0 unspecified atom stereocenters. The smallest absolute Gasteiger partial charge is 0.338 e. The van der Waals surface area contributed by atoms with Gasteiger partial charge in [0.25, 0.3) is 0 Å². The highest BCUT2D eigenvalue weighted by molar-refractivity contribution is 6.38. The summed E-state index contributed by atoms with van der Waals surface area (Å²) in [4.78, 5) is 23.8. The van der Waals surface area contributed by atoms with Crippen molar-refractivity contribution in [2.24, 2.45) is 0 Å². The van der Waals surface area contributed by atoms with Crippen LogP contribution in [0.4, 0.5) is 11.4 Å². The Morgan fingerprint density at radius 2 is 1.92 bits per heavy atom. The molecule has 0 radical (unpaired) electrons. The Bertz CT molecular complexity index is 1030. The number of carbonyl (C=O) groups is 2. The number of aromatic nitrogens is 3. The van der Waals surface area contributed by atoms with Gasteiger partial charge in [0.2, 0.25) is 5.91 Å². The molecule has 0 atom stereocenters. The van der Waals surface area contributed by atoms with Gasteiger partial charge in [-0.2, -0.15) is 0 Å². The molecule has 3 aromatic rings. The molecule has 0 aliphatic carbocycles. The van der Waals surface area contributed by atoms with E-state index in [2.05, 4.69) is 15.5 Å². The SMILES string of the molecule is CC(=O)Nc1cc(C(=O)O)c2nn(-c3cc(N)ccc3O)nc2c1Cl. The van der Waals surface area contributed by atoms with Gasteiger partial charge in [0.15, 0.2) is 0 Å². The maximum Gasteiger partial charge on any atom is 0.338 e. The lowest BCUT2D eigenvalue weighted by Gasteiger charge is -2.06. The first-order chi connectivity index (χ1) is 11.8. The third-order valence-electron chi connectivity index (χ3n) is 3.36. The quantitative estimate of drug-likeness (QED) is 0.412. The van der Waals surface area contributed by atoms with E-state index in [-0.39, 0.29) is 38.7 Å². The molecule has 2 aromatic carbocycles. The van der Waals surface area contributed by atoms with Crippen molar-refractivity contribution in [1.82, 2.24) is 15.0 Å². The van der Waals surface area contributed by atoms with Crippen molar-refractivity contribution in [3.8, 4) is 11.4 Å². The Labute approximate surface area is 145 Å². The molecule has 0 aliphatic rings. The number of aromatic hydroxyl groups is 1. The summed E-state index contributed by atoms with van der Waals surface area (Å²) in [5.74, 6) is -1.83. The molecule has 10 heteroatoms. The average molecular weight is 362 g/mol. The Morgan fingerprint density at radius 1 is 1.24 bits per heavy atom. The number of phenols is 1. The number of nitrogens with zero attached hydrogens (tertiary/aromatic N) is 3. The van der Waals surface area contributed by atoms with Crippen molar-refractivity contribution < 1.29 is 19.8 Å². The zero-order chi connectivity index (χ0) is 18.3. The first-order valence-corrected chi connectivity index (χ1v) is 7.35. The molecule has 25 heavy (non-hydrogen) atoms. The third kappa shape index (κ3) is 2.92. The third-order valence-corrected chi connectivity index (χ3v) is 3.74. The minimum atomic E-state index is -1.27. The molecule has 5 N–H and O–H groups in total. The van der Waals surface area contributed by atoms with Gasteiger partial charge in [-0.3, -0.25) is 4.79 Å². The van der Waals surface area contributed by atoms with Crippen molar-refractivity contribution in [3.05, 3.63) is 34.9 Å². The van der Waals surface area contributed by atoms with Crippen LogP contribution < -0.4 is 11.1 Å². The number of nitrogens with two attached hydrogens (primary N) is 1. The zero-order valence-corrected chi connectivity index (χ0v) is 13.6. The summed E-state index contributed by atoms with van der Waals surface area (Å²) >= 11 is 6.22. The van der Waals surface area contributed by atoms with Gasteiger partial charge >= 0.3 is 5.97 Å². The van der Waals surface area contributed by atoms with E-state index in [9.17, 15) is 19.8 Å². The molecule has 0 aliphatic heterocycles. The number of nitrogens with one attached hydrogen (secondary N) is 1. The highest BCUT2D eigenvalue weighted by Crippen LogP contribution is 2.33. The number of rotatable bonds is 3. The monoisotopic (exact) mass is 361 g/mol. The molecule has 0 saturated carbocycles. The predicted molar refractivity (Wildman–Crippen MR) is 91.2 cm³/mol. The predicted octanol–water partition coefficient (Wildman–Crippen LogP) is 2.02. The minimum absolute atomic E-state index is 0.00780. The van der Waals surface area contributed by atoms with Crippen LogP contribution in [0.1, 0.15) is 17.3 Å². The molecule has 0 fully saturated rings. The van der Waals surface area contributed by atoms with Crippen LogP contribution in [0.25, 0.3) is 16.7 Å². The molecule has 3 rings (SSSR count). The summed E-state index contributed by atoms with van der Waals surface area (Å²) in [6.07, 6.45) is 0. The molecule has 1 amide bonds. The normalized spacial score (nSPS) is 10.8. The van der Waals surface area contributed by atoms with Crippen molar-refractivity contribution in [2.45, 2.75) is 6.92 Å². The van der Waals surface area contributed by atoms with Gasteiger partial charge < -0.3 is 21.3 Å². The van der Waals surface area contributed by atoms with Crippen LogP contribution in [-0.4, -0.2) is 37.1 Å². The van der Waals surface area contributed by atoms with E-state index in [0.717, 1.165) is 4.80 Å². The summed E-state index contributed by atoms with van der Waals surface area (Å²) in [6.45, 7) is 1.27. The van der Waals surface area contributed by atoms with E-state index in [1.165, 1.54) is 31.2 Å². The maximum absolute atomic E-state index is 11.5. The lowest BCUT2D eigenvalue weighted by Crippen LogP contribution is -2.08. The Balaban J connectivity index is 2.30. The highest BCUT2D eigenvalue weighted by atomic mass is 35.5. The second-order valence-corrected chi connectivity index (χ2v) is 5.58. The van der Waals surface area contributed by atoms with Gasteiger partial charge in [0.05, 0.1) is 16.3 Å². The van der Waals surface area contributed by atoms with Gasteiger partial charge in [0, 0.05) is 12.6 Å². The average Bonchev–Trinajstić information content (AvgIpc) is 2.97. The number of hydrogen-bond acceptors (Lipinski definition) is 6. The Morgan fingerprint density at radius 3 is 2.56 bits per heavy atom. The summed E-state index contributed by atoms with van der Waals surface area (Å²) in [5.41, 5.74) is 6.19. The first kappa shape index (κ1) is 16.5. The number of benzene rings is 2. The van der Waals surface area contributed by atoms with Gasteiger partial charge in [-0.05, 0) is 24.3 Å². The molecular formula is C15H12ClN5O4. The number of carboxylic acids is 1. The number of phenolic OH excluding ortho intramolecular Hbond substituents is 1. The molecule has 9 nitrogen and oxygen atoms in total. The number of fused-ring (bicyclic) bond motifs is 1. The van der Waals surface area contributed by atoms with E-state index >= 15 is 0 Å². The van der Waals surface area contributed by atoms with Crippen LogP contribution in [0.3, 0.4) is 0 Å².